The van der Waals surface area contributed by atoms with E-state index in [4.69, 9.17) is 4.74 Å². The highest BCUT2D eigenvalue weighted by Crippen LogP contribution is 2.49. The van der Waals surface area contributed by atoms with Gasteiger partial charge in [0.05, 0.1) is 11.3 Å². The molecule has 162 valence electrons. The number of alkyl halides is 3. The molecule has 30 heavy (non-hydrogen) atoms. The maximum absolute atomic E-state index is 12.9. The van der Waals surface area contributed by atoms with Crippen molar-refractivity contribution in [2.45, 2.75) is 68.7 Å². The number of hydrogen-bond acceptors (Lipinski definition) is 4. The molecule has 1 saturated carbocycles. The number of nitrogens with zero attached hydrogens (tertiary/aromatic N) is 2. The van der Waals surface area contributed by atoms with Crippen LogP contribution in [-0.2, 0) is 22.9 Å². The van der Waals surface area contributed by atoms with Gasteiger partial charge in [0.25, 0.3) is 0 Å². The Morgan fingerprint density at radius 1 is 1.03 bits per heavy atom. The first-order chi connectivity index (χ1) is 14.4. The predicted molar refractivity (Wildman–Crippen MR) is 108 cm³/mol. The summed E-state index contributed by atoms with van der Waals surface area (Å²) in [6.45, 7) is 1.72. The topological polar surface area (TPSA) is 47.0 Å². The second-order valence-corrected chi connectivity index (χ2v) is 8.60. The molecule has 1 aliphatic carbocycles. The van der Waals surface area contributed by atoms with Gasteiger partial charge in [0.1, 0.15) is 5.69 Å². The van der Waals surface area contributed by atoms with E-state index in [0.29, 0.717) is 18.8 Å². The maximum Gasteiger partial charge on any atom is 0.433 e. The molecule has 1 unspecified atom stereocenters. The molecule has 4 nitrogen and oxygen atoms in total. The van der Waals surface area contributed by atoms with Crippen molar-refractivity contribution in [3.8, 4) is 0 Å². The van der Waals surface area contributed by atoms with Crippen molar-refractivity contribution >= 4 is 0 Å². The zero-order valence-electron chi connectivity index (χ0n) is 17.0. The highest BCUT2D eigenvalue weighted by molar-refractivity contribution is 5.21. The summed E-state index contributed by atoms with van der Waals surface area (Å²) in [5.74, 6) is 0. The van der Waals surface area contributed by atoms with E-state index in [2.05, 4.69) is 21.4 Å². The number of ether oxygens (including phenoxy) is 1. The van der Waals surface area contributed by atoms with Gasteiger partial charge < -0.3 is 10.1 Å². The lowest BCUT2D eigenvalue weighted by Gasteiger charge is -2.46. The minimum absolute atomic E-state index is 0.0433. The van der Waals surface area contributed by atoms with Crippen molar-refractivity contribution in [3.05, 3.63) is 59.7 Å². The SMILES string of the molecule is FC(F)(F)c1cccc(CNCCC2(c3ccccn3)CCOC3(CCCC3)C2)n1. The fraction of sp³-hybridized carbons (Fsp3) is 0.565. The molecule has 7 heteroatoms. The summed E-state index contributed by atoms with van der Waals surface area (Å²) in [4.78, 5) is 8.43. The molecule has 2 aliphatic rings. The normalized spacial score (nSPS) is 23.7. The van der Waals surface area contributed by atoms with Crippen LogP contribution in [0.3, 0.4) is 0 Å². The molecule has 2 aromatic rings. The van der Waals surface area contributed by atoms with Gasteiger partial charge >= 0.3 is 6.18 Å². The van der Waals surface area contributed by atoms with E-state index in [0.717, 1.165) is 50.5 Å². The molecule has 0 bridgehead atoms. The molecule has 1 atom stereocenters. The van der Waals surface area contributed by atoms with Crippen LogP contribution in [0.1, 0.15) is 62.0 Å². The highest BCUT2D eigenvalue weighted by atomic mass is 19.4. The van der Waals surface area contributed by atoms with E-state index in [9.17, 15) is 13.2 Å². The smallest absolute Gasteiger partial charge is 0.375 e. The Kier molecular flexibility index (Phi) is 6.11. The second kappa shape index (κ2) is 8.63. The average molecular weight is 419 g/mol. The van der Waals surface area contributed by atoms with Crippen molar-refractivity contribution in [3.63, 3.8) is 0 Å². The molecule has 1 aliphatic heterocycles. The zero-order chi connectivity index (χ0) is 21.1. The molecule has 0 amide bonds. The van der Waals surface area contributed by atoms with E-state index >= 15 is 0 Å². The minimum Gasteiger partial charge on any atom is -0.375 e. The van der Waals surface area contributed by atoms with Gasteiger partial charge in [0.15, 0.2) is 0 Å². The lowest BCUT2D eigenvalue weighted by molar-refractivity contribution is -0.141. The number of aromatic nitrogens is 2. The van der Waals surface area contributed by atoms with Crippen molar-refractivity contribution in [2.24, 2.45) is 0 Å². The number of hydrogen-bond donors (Lipinski definition) is 1. The quantitative estimate of drug-likeness (QED) is 0.667. The van der Waals surface area contributed by atoms with Crippen molar-refractivity contribution < 1.29 is 17.9 Å². The first-order valence-corrected chi connectivity index (χ1v) is 10.7. The van der Waals surface area contributed by atoms with Gasteiger partial charge in [-0.1, -0.05) is 25.0 Å². The van der Waals surface area contributed by atoms with Crippen LogP contribution in [-0.4, -0.2) is 28.7 Å². The van der Waals surface area contributed by atoms with Gasteiger partial charge in [-0.3, -0.25) is 4.98 Å². The Labute approximate surface area is 175 Å². The Hall–Kier alpha value is -1.99. The number of halogens is 3. The second-order valence-electron chi connectivity index (χ2n) is 8.60. The summed E-state index contributed by atoms with van der Waals surface area (Å²) in [5, 5.41) is 3.30. The summed E-state index contributed by atoms with van der Waals surface area (Å²) in [5.41, 5.74) is 0.532. The van der Waals surface area contributed by atoms with Gasteiger partial charge in [0, 0.05) is 30.5 Å². The molecule has 2 fully saturated rings. The molecular formula is C23H28F3N3O. The average Bonchev–Trinajstić information content (AvgIpc) is 3.19. The largest absolute Gasteiger partial charge is 0.433 e. The fourth-order valence-corrected chi connectivity index (χ4v) is 5.08. The van der Waals surface area contributed by atoms with Crippen LogP contribution < -0.4 is 5.32 Å². The van der Waals surface area contributed by atoms with Crippen molar-refractivity contribution in [2.75, 3.05) is 13.2 Å². The molecule has 0 radical (unpaired) electrons. The predicted octanol–water partition coefficient (Wildman–Crippen LogP) is 5.04. The molecule has 2 aromatic heterocycles. The summed E-state index contributed by atoms with van der Waals surface area (Å²) < 4.78 is 44.9. The van der Waals surface area contributed by atoms with Gasteiger partial charge in [-0.15, -0.1) is 0 Å². The number of pyridine rings is 2. The molecule has 1 N–H and O–H groups in total. The van der Waals surface area contributed by atoms with Crippen LogP contribution in [0, 0.1) is 0 Å². The molecule has 3 heterocycles. The zero-order valence-corrected chi connectivity index (χ0v) is 17.0. The summed E-state index contributed by atoms with van der Waals surface area (Å²) >= 11 is 0. The highest BCUT2D eigenvalue weighted by Gasteiger charge is 2.48. The third-order valence-electron chi connectivity index (χ3n) is 6.56. The van der Waals surface area contributed by atoms with E-state index in [1.807, 2.05) is 18.3 Å². The Morgan fingerprint density at radius 3 is 2.60 bits per heavy atom. The number of rotatable bonds is 6. The van der Waals surface area contributed by atoms with Crippen LogP contribution in [0.4, 0.5) is 13.2 Å². The molecule has 0 aromatic carbocycles. The third-order valence-corrected chi connectivity index (χ3v) is 6.56. The van der Waals surface area contributed by atoms with Crippen LogP contribution in [0.5, 0.6) is 0 Å². The van der Waals surface area contributed by atoms with Gasteiger partial charge in [-0.2, -0.15) is 13.2 Å². The first kappa shape index (κ1) is 21.2. The van der Waals surface area contributed by atoms with Crippen LogP contribution in [0.15, 0.2) is 42.6 Å². The first-order valence-electron chi connectivity index (χ1n) is 10.7. The van der Waals surface area contributed by atoms with Crippen LogP contribution in [0.25, 0.3) is 0 Å². The van der Waals surface area contributed by atoms with E-state index in [-0.39, 0.29) is 11.0 Å². The number of nitrogens with one attached hydrogen (secondary N) is 1. The van der Waals surface area contributed by atoms with Crippen LogP contribution >= 0.6 is 0 Å². The summed E-state index contributed by atoms with van der Waals surface area (Å²) in [7, 11) is 0. The molecule has 1 spiro atoms. The van der Waals surface area contributed by atoms with Crippen molar-refractivity contribution in [1.82, 2.24) is 15.3 Å². The lowest BCUT2D eigenvalue weighted by Crippen LogP contribution is -2.47. The fourth-order valence-electron chi connectivity index (χ4n) is 5.08. The van der Waals surface area contributed by atoms with Crippen LogP contribution in [0.2, 0.25) is 0 Å². The monoisotopic (exact) mass is 419 g/mol. The van der Waals surface area contributed by atoms with E-state index < -0.39 is 11.9 Å². The molecular weight excluding hydrogens is 391 g/mol. The summed E-state index contributed by atoms with van der Waals surface area (Å²) in [6.07, 6.45) is 4.77. The van der Waals surface area contributed by atoms with E-state index in [1.54, 1.807) is 6.07 Å². The van der Waals surface area contributed by atoms with Gasteiger partial charge in [-0.25, -0.2) is 4.98 Å². The van der Waals surface area contributed by atoms with E-state index in [1.165, 1.54) is 18.9 Å². The Bertz CT molecular complexity index is 837. The minimum atomic E-state index is -4.42. The maximum atomic E-state index is 12.9. The molecule has 1 saturated heterocycles. The Morgan fingerprint density at radius 2 is 1.87 bits per heavy atom. The molecule has 4 rings (SSSR count). The standard InChI is InChI=1S/C23H28F3N3O/c24-23(25,26)20-8-5-6-18(29-20)16-27-14-11-21(19-7-1-4-13-28-19)12-15-30-22(17-21)9-2-3-10-22/h1,4-8,13,27H,2-3,9-12,14-17H2. The summed E-state index contributed by atoms with van der Waals surface area (Å²) in [6, 6.07) is 10.1. The van der Waals surface area contributed by atoms with Crippen molar-refractivity contribution in [1.29, 1.82) is 0 Å². The Balaban J connectivity index is 1.43. The lowest BCUT2D eigenvalue weighted by atomic mass is 9.68. The third kappa shape index (κ3) is 4.67. The van der Waals surface area contributed by atoms with Gasteiger partial charge in [0.2, 0.25) is 0 Å². The van der Waals surface area contributed by atoms with Gasteiger partial charge in [-0.05, 0) is 62.9 Å².